The molecule has 0 unspecified atom stereocenters. The van der Waals surface area contributed by atoms with E-state index in [1.807, 2.05) is 18.2 Å². The molecule has 1 fully saturated rings. The normalized spacial score (nSPS) is 17.8. The quantitative estimate of drug-likeness (QED) is 0.663. The predicted octanol–water partition coefficient (Wildman–Crippen LogP) is 1.66. The van der Waals surface area contributed by atoms with Crippen LogP contribution in [0.25, 0.3) is 10.9 Å². The monoisotopic (exact) mass is 285 g/mol. The summed E-state index contributed by atoms with van der Waals surface area (Å²) in [4.78, 5) is 9.50. The molecule has 0 bridgehead atoms. The van der Waals surface area contributed by atoms with E-state index in [9.17, 15) is 0 Å². The SMILES string of the molecule is CN1CCCN(Cc2cc3ccccc3nc2NN)CC1. The Balaban J connectivity index is 1.85. The summed E-state index contributed by atoms with van der Waals surface area (Å²) >= 11 is 0. The molecule has 112 valence electrons. The van der Waals surface area contributed by atoms with E-state index >= 15 is 0 Å². The second kappa shape index (κ2) is 6.39. The Morgan fingerprint density at radius 1 is 1.19 bits per heavy atom. The van der Waals surface area contributed by atoms with Gasteiger partial charge < -0.3 is 10.3 Å². The van der Waals surface area contributed by atoms with Gasteiger partial charge in [0, 0.05) is 30.6 Å². The number of anilines is 1. The first-order valence-electron chi connectivity index (χ1n) is 7.52. The summed E-state index contributed by atoms with van der Waals surface area (Å²) in [6.45, 7) is 5.40. The fourth-order valence-corrected chi connectivity index (χ4v) is 2.90. The Labute approximate surface area is 125 Å². The van der Waals surface area contributed by atoms with Crippen LogP contribution in [0, 0.1) is 0 Å². The molecule has 2 aromatic rings. The maximum atomic E-state index is 5.66. The maximum absolute atomic E-state index is 5.66. The Bertz CT molecular complexity index is 613. The third-order valence-corrected chi connectivity index (χ3v) is 4.15. The Hall–Kier alpha value is -1.69. The van der Waals surface area contributed by atoms with Gasteiger partial charge in [-0.15, -0.1) is 0 Å². The molecular formula is C16H23N5. The zero-order chi connectivity index (χ0) is 14.7. The van der Waals surface area contributed by atoms with Gasteiger partial charge in [0.25, 0.3) is 0 Å². The van der Waals surface area contributed by atoms with E-state index in [0.29, 0.717) is 0 Å². The smallest absolute Gasteiger partial charge is 0.145 e. The van der Waals surface area contributed by atoms with Gasteiger partial charge in [0.1, 0.15) is 5.82 Å². The highest BCUT2D eigenvalue weighted by Gasteiger charge is 2.15. The lowest BCUT2D eigenvalue weighted by Gasteiger charge is -2.21. The van der Waals surface area contributed by atoms with Gasteiger partial charge in [0.05, 0.1) is 5.52 Å². The number of hydrazine groups is 1. The fraction of sp³-hybridized carbons (Fsp3) is 0.438. The summed E-state index contributed by atoms with van der Waals surface area (Å²) < 4.78 is 0. The third-order valence-electron chi connectivity index (χ3n) is 4.15. The van der Waals surface area contributed by atoms with E-state index in [1.165, 1.54) is 23.9 Å². The van der Waals surface area contributed by atoms with E-state index in [1.54, 1.807) is 0 Å². The molecule has 2 heterocycles. The molecule has 1 aromatic heterocycles. The lowest BCUT2D eigenvalue weighted by molar-refractivity contribution is 0.269. The number of hydrogen-bond acceptors (Lipinski definition) is 5. The van der Waals surface area contributed by atoms with Crippen LogP contribution >= 0.6 is 0 Å². The fourth-order valence-electron chi connectivity index (χ4n) is 2.90. The average Bonchev–Trinajstić information content (AvgIpc) is 2.71. The summed E-state index contributed by atoms with van der Waals surface area (Å²) in [6, 6.07) is 10.4. The van der Waals surface area contributed by atoms with E-state index in [-0.39, 0.29) is 0 Å². The lowest BCUT2D eigenvalue weighted by atomic mass is 10.1. The minimum absolute atomic E-state index is 0.784. The van der Waals surface area contributed by atoms with Crippen LogP contribution in [0.3, 0.4) is 0 Å². The number of benzene rings is 1. The third kappa shape index (κ3) is 3.32. The first-order chi connectivity index (χ1) is 10.3. The molecule has 3 N–H and O–H groups in total. The number of aromatic nitrogens is 1. The van der Waals surface area contributed by atoms with Crippen molar-refractivity contribution in [2.24, 2.45) is 5.84 Å². The summed E-state index contributed by atoms with van der Waals surface area (Å²) in [5, 5.41) is 1.17. The topological polar surface area (TPSA) is 57.4 Å². The summed E-state index contributed by atoms with van der Waals surface area (Å²) in [6.07, 6.45) is 1.21. The standard InChI is InChI=1S/C16H23N5/c1-20-7-4-8-21(10-9-20)12-14-11-13-5-2-3-6-15(13)18-16(14)19-17/h2-3,5-6,11H,4,7-10,12,17H2,1H3,(H,18,19). The zero-order valence-corrected chi connectivity index (χ0v) is 12.5. The number of likely N-dealkylation sites (N-methyl/N-ethyl adjacent to an activating group) is 1. The van der Waals surface area contributed by atoms with Gasteiger partial charge in [0.2, 0.25) is 0 Å². The molecule has 0 radical (unpaired) electrons. The number of nitrogens with one attached hydrogen (secondary N) is 1. The Morgan fingerprint density at radius 2 is 2.05 bits per heavy atom. The lowest BCUT2D eigenvalue weighted by Crippen LogP contribution is -2.29. The number of nitrogens with two attached hydrogens (primary N) is 1. The van der Waals surface area contributed by atoms with Crippen LogP contribution < -0.4 is 11.3 Å². The number of pyridine rings is 1. The number of para-hydroxylation sites is 1. The van der Waals surface area contributed by atoms with Gasteiger partial charge in [-0.2, -0.15) is 0 Å². The van der Waals surface area contributed by atoms with Crippen molar-refractivity contribution in [3.63, 3.8) is 0 Å². The maximum Gasteiger partial charge on any atom is 0.145 e. The number of nitrogens with zero attached hydrogens (tertiary/aromatic N) is 3. The van der Waals surface area contributed by atoms with E-state index in [2.05, 4.69) is 39.4 Å². The number of fused-ring (bicyclic) bond motifs is 1. The van der Waals surface area contributed by atoms with Crippen LogP contribution in [0.15, 0.2) is 30.3 Å². The van der Waals surface area contributed by atoms with Gasteiger partial charge in [-0.1, -0.05) is 18.2 Å². The summed E-state index contributed by atoms with van der Waals surface area (Å²) in [7, 11) is 2.19. The van der Waals surface area contributed by atoms with Crippen molar-refractivity contribution in [3.8, 4) is 0 Å². The van der Waals surface area contributed by atoms with Crippen molar-refractivity contribution >= 4 is 16.7 Å². The minimum Gasteiger partial charge on any atom is -0.308 e. The highest BCUT2D eigenvalue weighted by molar-refractivity contribution is 5.81. The van der Waals surface area contributed by atoms with Crippen molar-refractivity contribution in [3.05, 3.63) is 35.9 Å². The van der Waals surface area contributed by atoms with Gasteiger partial charge in [-0.3, -0.25) is 4.90 Å². The van der Waals surface area contributed by atoms with E-state index in [0.717, 1.165) is 37.5 Å². The summed E-state index contributed by atoms with van der Waals surface area (Å²) in [5.74, 6) is 6.44. The molecule has 0 spiro atoms. The van der Waals surface area contributed by atoms with Crippen molar-refractivity contribution in [2.45, 2.75) is 13.0 Å². The van der Waals surface area contributed by atoms with Crippen LogP contribution in [0.5, 0.6) is 0 Å². The molecule has 0 amide bonds. The molecule has 1 aliphatic heterocycles. The number of nitrogen functional groups attached to an aromatic ring is 1. The molecule has 0 atom stereocenters. The van der Waals surface area contributed by atoms with Crippen LogP contribution in [-0.4, -0.2) is 48.0 Å². The first-order valence-corrected chi connectivity index (χ1v) is 7.52. The van der Waals surface area contributed by atoms with Crippen LogP contribution in [-0.2, 0) is 6.54 Å². The first kappa shape index (κ1) is 14.3. The molecule has 5 heteroatoms. The molecule has 0 aliphatic carbocycles. The Kier molecular flexibility index (Phi) is 4.34. The molecule has 1 aromatic carbocycles. The van der Waals surface area contributed by atoms with Gasteiger partial charge in [-0.25, -0.2) is 10.8 Å². The van der Waals surface area contributed by atoms with E-state index < -0.39 is 0 Å². The van der Waals surface area contributed by atoms with Gasteiger partial charge >= 0.3 is 0 Å². The molecule has 3 rings (SSSR count). The second-order valence-electron chi connectivity index (χ2n) is 5.77. The number of rotatable bonds is 3. The van der Waals surface area contributed by atoms with Crippen molar-refractivity contribution in [2.75, 3.05) is 38.7 Å². The molecule has 5 nitrogen and oxygen atoms in total. The highest BCUT2D eigenvalue weighted by atomic mass is 15.3. The van der Waals surface area contributed by atoms with Crippen molar-refractivity contribution < 1.29 is 0 Å². The Morgan fingerprint density at radius 3 is 2.90 bits per heavy atom. The molecule has 1 aliphatic rings. The second-order valence-corrected chi connectivity index (χ2v) is 5.77. The van der Waals surface area contributed by atoms with Crippen LogP contribution in [0.2, 0.25) is 0 Å². The van der Waals surface area contributed by atoms with Crippen LogP contribution in [0.4, 0.5) is 5.82 Å². The zero-order valence-electron chi connectivity index (χ0n) is 12.5. The molecular weight excluding hydrogens is 262 g/mol. The average molecular weight is 285 g/mol. The largest absolute Gasteiger partial charge is 0.308 e. The van der Waals surface area contributed by atoms with Crippen molar-refractivity contribution in [1.29, 1.82) is 0 Å². The number of hydrogen-bond donors (Lipinski definition) is 2. The highest BCUT2D eigenvalue weighted by Crippen LogP contribution is 2.21. The predicted molar refractivity (Wildman–Crippen MR) is 86.9 cm³/mol. The summed E-state index contributed by atoms with van der Waals surface area (Å²) in [5.41, 5.74) is 4.90. The van der Waals surface area contributed by atoms with Crippen molar-refractivity contribution in [1.82, 2.24) is 14.8 Å². The molecule has 0 saturated carbocycles. The minimum atomic E-state index is 0.784. The molecule has 1 saturated heterocycles. The van der Waals surface area contributed by atoms with Gasteiger partial charge in [0.15, 0.2) is 0 Å². The molecule has 21 heavy (non-hydrogen) atoms. The van der Waals surface area contributed by atoms with E-state index in [4.69, 9.17) is 5.84 Å². The van der Waals surface area contributed by atoms with Gasteiger partial charge in [-0.05, 0) is 38.7 Å². The van der Waals surface area contributed by atoms with Crippen LogP contribution in [0.1, 0.15) is 12.0 Å².